The highest BCUT2D eigenvalue weighted by Crippen LogP contribution is 2.30. The Balaban J connectivity index is 2.32. The second-order valence-corrected chi connectivity index (χ2v) is 4.24. The fourth-order valence-corrected chi connectivity index (χ4v) is 1.92. The zero-order chi connectivity index (χ0) is 14.5. The Bertz CT molecular complexity index is 630. The van der Waals surface area contributed by atoms with E-state index in [2.05, 4.69) is 6.58 Å². The summed E-state index contributed by atoms with van der Waals surface area (Å²) in [5.74, 6) is 1.10. The van der Waals surface area contributed by atoms with E-state index in [1.54, 1.807) is 44.6 Å². The van der Waals surface area contributed by atoms with Crippen LogP contribution in [0.25, 0.3) is 5.57 Å². The van der Waals surface area contributed by atoms with Crippen molar-refractivity contribution in [1.82, 2.24) is 0 Å². The van der Waals surface area contributed by atoms with Gasteiger partial charge in [-0.25, -0.2) is 0 Å². The molecule has 0 amide bonds. The van der Waals surface area contributed by atoms with Gasteiger partial charge in [0.25, 0.3) is 0 Å². The van der Waals surface area contributed by atoms with E-state index in [-0.39, 0.29) is 5.78 Å². The lowest BCUT2D eigenvalue weighted by molar-refractivity contribution is 0.105. The third-order valence-electron chi connectivity index (χ3n) is 3.04. The molecule has 0 aliphatic rings. The molecule has 20 heavy (non-hydrogen) atoms. The zero-order valence-corrected chi connectivity index (χ0v) is 11.6. The van der Waals surface area contributed by atoms with Crippen molar-refractivity contribution in [3.63, 3.8) is 0 Å². The normalized spacial score (nSPS) is 9.90. The fourth-order valence-electron chi connectivity index (χ4n) is 1.92. The summed E-state index contributed by atoms with van der Waals surface area (Å²) in [5, 5.41) is 0. The van der Waals surface area contributed by atoms with Crippen molar-refractivity contribution in [1.29, 1.82) is 0 Å². The van der Waals surface area contributed by atoms with Gasteiger partial charge in [-0.3, -0.25) is 4.79 Å². The van der Waals surface area contributed by atoms with E-state index in [0.717, 1.165) is 5.56 Å². The maximum atomic E-state index is 12.3. The van der Waals surface area contributed by atoms with Crippen molar-refractivity contribution < 1.29 is 14.3 Å². The van der Waals surface area contributed by atoms with Crippen molar-refractivity contribution in [3.8, 4) is 11.5 Å². The van der Waals surface area contributed by atoms with Gasteiger partial charge in [0.15, 0.2) is 17.3 Å². The molecule has 2 rings (SSSR count). The van der Waals surface area contributed by atoms with E-state index in [9.17, 15) is 4.79 Å². The Morgan fingerprint density at radius 2 is 1.55 bits per heavy atom. The first kappa shape index (κ1) is 13.9. The highest BCUT2D eigenvalue weighted by Gasteiger charge is 2.14. The Hall–Kier alpha value is -2.55. The lowest BCUT2D eigenvalue weighted by atomic mass is 9.98. The monoisotopic (exact) mass is 268 g/mol. The van der Waals surface area contributed by atoms with E-state index in [1.807, 2.05) is 18.2 Å². The molecular formula is C17H16O3. The van der Waals surface area contributed by atoms with E-state index in [1.165, 1.54) is 0 Å². The molecule has 2 aromatic rings. The van der Waals surface area contributed by atoms with E-state index in [0.29, 0.717) is 22.6 Å². The standard InChI is InChI=1S/C17H16O3/c1-12(17(18)13-7-5-4-6-8-13)14-9-10-15(19-2)16(11-14)20-3/h4-11H,1H2,2-3H3. The molecule has 0 spiro atoms. The van der Waals surface area contributed by atoms with Crippen molar-refractivity contribution >= 4 is 11.4 Å². The van der Waals surface area contributed by atoms with Crippen LogP contribution >= 0.6 is 0 Å². The molecule has 0 saturated carbocycles. The first-order chi connectivity index (χ1) is 9.67. The molecule has 0 N–H and O–H groups in total. The molecular weight excluding hydrogens is 252 g/mol. The summed E-state index contributed by atoms with van der Waals surface area (Å²) in [6, 6.07) is 14.4. The summed E-state index contributed by atoms with van der Waals surface area (Å²) < 4.78 is 10.4. The molecule has 0 aliphatic carbocycles. The van der Waals surface area contributed by atoms with Gasteiger partial charge in [0, 0.05) is 11.1 Å². The summed E-state index contributed by atoms with van der Waals surface area (Å²) in [6.07, 6.45) is 0. The van der Waals surface area contributed by atoms with Gasteiger partial charge in [0.2, 0.25) is 0 Å². The third kappa shape index (κ3) is 2.72. The van der Waals surface area contributed by atoms with Crippen LogP contribution < -0.4 is 9.47 Å². The second kappa shape index (κ2) is 6.06. The topological polar surface area (TPSA) is 35.5 Å². The predicted molar refractivity (Wildman–Crippen MR) is 79.4 cm³/mol. The molecule has 0 saturated heterocycles. The molecule has 0 heterocycles. The molecule has 0 aliphatic heterocycles. The smallest absolute Gasteiger partial charge is 0.193 e. The third-order valence-corrected chi connectivity index (χ3v) is 3.04. The minimum atomic E-state index is -0.0992. The summed E-state index contributed by atoms with van der Waals surface area (Å²) in [7, 11) is 3.13. The van der Waals surface area contributed by atoms with Gasteiger partial charge in [-0.15, -0.1) is 0 Å². The first-order valence-corrected chi connectivity index (χ1v) is 6.18. The largest absolute Gasteiger partial charge is 0.493 e. The molecule has 0 bridgehead atoms. The molecule has 0 fully saturated rings. The Morgan fingerprint density at radius 3 is 2.15 bits per heavy atom. The average molecular weight is 268 g/mol. The maximum Gasteiger partial charge on any atom is 0.193 e. The predicted octanol–water partition coefficient (Wildman–Crippen LogP) is 3.60. The quantitative estimate of drug-likeness (QED) is 0.614. The van der Waals surface area contributed by atoms with Crippen molar-refractivity contribution in [2.75, 3.05) is 14.2 Å². The summed E-state index contributed by atoms with van der Waals surface area (Å²) in [4.78, 5) is 12.3. The number of benzene rings is 2. The van der Waals surface area contributed by atoms with Gasteiger partial charge in [-0.05, 0) is 17.7 Å². The number of carbonyl (C=O) groups excluding carboxylic acids is 1. The zero-order valence-electron chi connectivity index (χ0n) is 11.6. The van der Waals surface area contributed by atoms with Gasteiger partial charge in [0.1, 0.15) is 0 Å². The Kier molecular flexibility index (Phi) is 4.20. The molecule has 3 heteroatoms. The van der Waals surface area contributed by atoms with E-state index in [4.69, 9.17) is 9.47 Å². The number of methoxy groups -OCH3 is 2. The molecule has 0 radical (unpaired) electrons. The highest BCUT2D eigenvalue weighted by atomic mass is 16.5. The van der Waals surface area contributed by atoms with Gasteiger partial charge in [0.05, 0.1) is 14.2 Å². The SMILES string of the molecule is C=C(C(=O)c1ccccc1)c1ccc(OC)c(OC)c1. The highest BCUT2D eigenvalue weighted by molar-refractivity contribution is 6.28. The van der Waals surface area contributed by atoms with Crippen LogP contribution in [-0.4, -0.2) is 20.0 Å². The minimum absolute atomic E-state index is 0.0992. The van der Waals surface area contributed by atoms with Crippen molar-refractivity contribution in [2.24, 2.45) is 0 Å². The van der Waals surface area contributed by atoms with Crippen LogP contribution in [0, 0.1) is 0 Å². The van der Waals surface area contributed by atoms with Crippen molar-refractivity contribution in [3.05, 3.63) is 66.2 Å². The molecule has 2 aromatic carbocycles. The van der Waals surface area contributed by atoms with Crippen LogP contribution in [0.5, 0.6) is 11.5 Å². The molecule has 0 atom stereocenters. The minimum Gasteiger partial charge on any atom is -0.493 e. The molecule has 3 nitrogen and oxygen atoms in total. The number of hydrogen-bond donors (Lipinski definition) is 0. The number of rotatable bonds is 5. The summed E-state index contributed by atoms with van der Waals surface area (Å²) in [6.45, 7) is 3.89. The fraction of sp³-hybridized carbons (Fsp3) is 0.118. The van der Waals surface area contributed by atoms with E-state index < -0.39 is 0 Å². The van der Waals surface area contributed by atoms with Crippen molar-refractivity contribution in [2.45, 2.75) is 0 Å². The number of allylic oxidation sites excluding steroid dienone is 1. The van der Waals surface area contributed by atoms with E-state index >= 15 is 0 Å². The van der Waals surface area contributed by atoms with Gasteiger partial charge < -0.3 is 9.47 Å². The van der Waals surface area contributed by atoms with Crippen LogP contribution in [0.2, 0.25) is 0 Å². The van der Waals surface area contributed by atoms with Crippen LogP contribution in [0.4, 0.5) is 0 Å². The first-order valence-electron chi connectivity index (χ1n) is 6.18. The molecule has 0 unspecified atom stereocenters. The number of ether oxygens (including phenoxy) is 2. The number of ketones is 1. The number of carbonyl (C=O) groups is 1. The van der Waals surface area contributed by atoms with Gasteiger partial charge in [-0.1, -0.05) is 43.0 Å². The Labute approximate surface area is 118 Å². The molecule has 102 valence electrons. The number of Topliss-reactive ketones (excluding diaryl/α,β-unsaturated/α-hetero) is 1. The van der Waals surface area contributed by atoms with Crippen LogP contribution in [-0.2, 0) is 0 Å². The average Bonchev–Trinajstić information content (AvgIpc) is 2.53. The Morgan fingerprint density at radius 1 is 0.900 bits per heavy atom. The summed E-state index contributed by atoms with van der Waals surface area (Å²) in [5.41, 5.74) is 1.76. The van der Waals surface area contributed by atoms with Crippen LogP contribution in [0.1, 0.15) is 15.9 Å². The summed E-state index contributed by atoms with van der Waals surface area (Å²) >= 11 is 0. The lowest BCUT2D eigenvalue weighted by Crippen LogP contribution is -2.02. The van der Waals surface area contributed by atoms with Gasteiger partial charge >= 0.3 is 0 Å². The maximum absolute atomic E-state index is 12.3. The molecule has 0 aromatic heterocycles. The van der Waals surface area contributed by atoms with Crippen LogP contribution in [0.3, 0.4) is 0 Å². The van der Waals surface area contributed by atoms with Gasteiger partial charge in [-0.2, -0.15) is 0 Å². The number of hydrogen-bond acceptors (Lipinski definition) is 3. The second-order valence-electron chi connectivity index (χ2n) is 4.24. The lowest BCUT2D eigenvalue weighted by Gasteiger charge is -2.10. The van der Waals surface area contributed by atoms with Crippen LogP contribution in [0.15, 0.2) is 55.1 Å².